The molecule has 0 saturated heterocycles. The molecule has 5 nitrogen and oxygen atoms in total. The monoisotopic (exact) mass is 344 g/mol. The van der Waals surface area contributed by atoms with Crippen LogP contribution in [0.15, 0.2) is 24.3 Å². The van der Waals surface area contributed by atoms with Gasteiger partial charge in [-0.05, 0) is 62.3 Å². The average molecular weight is 344 g/mol. The van der Waals surface area contributed by atoms with Gasteiger partial charge in [0, 0.05) is 29.8 Å². The van der Waals surface area contributed by atoms with E-state index in [0.29, 0.717) is 29.5 Å². The quantitative estimate of drug-likeness (QED) is 0.711. The molecule has 136 valence electrons. The van der Waals surface area contributed by atoms with E-state index in [1.165, 1.54) is 19.3 Å². The van der Waals surface area contributed by atoms with Crippen molar-refractivity contribution in [1.82, 2.24) is 10.6 Å². The van der Waals surface area contributed by atoms with Crippen molar-refractivity contribution in [2.45, 2.75) is 63.5 Å². The van der Waals surface area contributed by atoms with Gasteiger partial charge in [0.1, 0.15) is 0 Å². The molecule has 0 aliphatic heterocycles. The highest BCUT2D eigenvalue weighted by Crippen LogP contribution is 2.28. The summed E-state index contributed by atoms with van der Waals surface area (Å²) in [5, 5.41) is 15.4. The molecule has 3 N–H and O–H groups in total. The number of hydrogen-bond donors (Lipinski definition) is 3. The summed E-state index contributed by atoms with van der Waals surface area (Å²) >= 11 is 0. The Hall–Kier alpha value is -1.88. The molecule has 1 aromatic rings. The standard InChI is InChI=1S/C20H28N2O3/c23-13-12-18(14-4-2-1-3-5-14)22-20(25)16-8-6-15(7-9-16)19(24)21-17-10-11-17/h6-9,14,17-18,23H,1-5,10-13H2,(H,21,24)(H,22,25). The lowest BCUT2D eigenvalue weighted by molar-refractivity contribution is 0.0897. The highest BCUT2D eigenvalue weighted by Gasteiger charge is 2.26. The zero-order valence-electron chi connectivity index (χ0n) is 14.7. The van der Waals surface area contributed by atoms with Crippen molar-refractivity contribution < 1.29 is 14.7 Å². The fourth-order valence-electron chi connectivity index (χ4n) is 3.62. The molecule has 1 unspecified atom stereocenters. The first kappa shape index (κ1) is 17.9. The van der Waals surface area contributed by atoms with Crippen molar-refractivity contribution in [1.29, 1.82) is 0 Å². The van der Waals surface area contributed by atoms with E-state index in [2.05, 4.69) is 10.6 Å². The van der Waals surface area contributed by atoms with E-state index in [0.717, 1.165) is 25.7 Å². The van der Waals surface area contributed by atoms with E-state index in [9.17, 15) is 14.7 Å². The van der Waals surface area contributed by atoms with Crippen LogP contribution in [0.3, 0.4) is 0 Å². The van der Waals surface area contributed by atoms with Gasteiger partial charge in [-0.15, -0.1) is 0 Å². The number of hydrogen-bond acceptors (Lipinski definition) is 3. The number of aliphatic hydroxyl groups excluding tert-OH is 1. The molecule has 2 saturated carbocycles. The maximum absolute atomic E-state index is 12.5. The molecule has 0 radical (unpaired) electrons. The van der Waals surface area contributed by atoms with Crippen LogP contribution in [-0.2, 0) is 0 Å². The molecule has 0 heterocycles. The van der Waals surface area contributed by atoms with Gasteiger partial charge in [-0.25, -0.2) is 0 Å². The first-order valence-corrected chi connectivity index (χ1v) is 9.50. The maximum atomic E-state index is 12.5. The Morgan fingerprint density at radius 3 is 2.12 bits per heavy atom. The van der Waals surface area contributed by atoms with Crippen LogP contribution in [0.1, 0.15) is 72.1 Å². The van der Waals surface area contributed by atoms with Crippen molar-refractivity contribution in [2.24, 2.45) is 5.92 Å². The van der Waals surface area contributed by atoms with Gasteiger partial charge in [-0.2, -0.15) is 0 Å². The fraction of sp³-hybridized carbons (Fsp3) is 0.600. The summed E-state index contributed by atoms with van der Waals surface area (Å²) in [6.07, 6.45) is 8.61. The third-order valence-electron chi connectivity index (χ3n) is 5.30. The summed E-state index contributed by atoms with van der Waals surface area (Å²) in [5.41, 5.74) is 1.14. The first-order chi connectivity index (χ1) is 12.2. The molecule has 5 heteroatoms. The molecular weight excluding hydrogens is 316 g/mol. The van der Waals surface area contributed by atoms with E-state index >= 15 is 0 Å². The van der Waals surface area contributed by atoms with Crippen LogP contribution >= 0.6 is 0 Å². The zero-order valence-corrected chi connectivity index (χ0v) is 14.7. The number of carbonyl (C=O) groups is 2. The van der Waals surface area contributed by atoms with Crippen molar-refractivity contribution in [3.63, 3.8) is 0 Å². The Labute approximate surface area is 149 Å². The fourth-order valence-corrected chi connectivity index (χ4v) is 3.62. The molecule has 25 heavy (non-hydrogen) atoms. The lowest BCUT2D eigenvalue weighted by Gasteiger charge is -2.30. The van der Waals surface area contributed by atoms with E-state index in [1.54, 1.807) is 24.3 Å². The van der Waals surface area contributed by atoms with Crippen LogP contribution < -0.4 is 10.6 Å². The number of aliphatic hydroxyl groups is 1. The molecule has 3 rings (SSSR count). The molecular formula is C20H28N2O3. The SMILES string of the molecule is O=C(NC1CC1)c1ccc(C(=O)NC(CCO)C2CCCCC2)cc1. The zero-order chi connectivity index (χ0) is 17.6. The van der Waals surface area contributed by atoms with Gasteiger partial charge < -0.3 is 15.7 Å². The molecule has 0 aromatic heterocycles. The van der Waals surface area contributed by atoms with Crippen LogP contribution in [0, 0.1) is 5.92 Å². The number of benzene rings is 1. The minimum Gasteiger partial charge on any atom is -0.396 e. The van der Waals surface area contributed by atoms with E-state index in [-0.39, 0.29) is 24.5 Å². The molecule has 0 bridgehead atoms. The largest absolute Gasteiger partial charge is 0.396 e. The predicted molar refractivity (Wildman–Crippen MR) is 96.5 cm³/mol. The van der Waals surface area contributed by atoms with Crippen molar-refractivity contribution in [3.8, 4) is 0 Å². The van der Waals surface area contributed by atoms with Crippen molar-refractivity contribution >= 4 is 11.8 Å². The highest BCUT2D eigenvalue weighted by atomic mass is 16.3. The van der Waals surface area contributed by atoms with E-state index < -0.39 is 0 Å². The minimum absolute atomic E-state index is 0.0237. The second-order valence-corrected chi connectivity index (χ2v) is 7.32. The van der Waals surface area contributed by atoms with Gasteiger partial charge >= 0.3 is 0 Å². The van der Waals surface area contributed by atoms with Crippen LogP contribution in [0.25, 0.3) is 0 Å². The minimum atomic E-state index is -0.127. The highest BCUT2D eigenvalue weighted by molar-refractivity contribution is 5.98. The van der Waals surface area contributed by atoms with Crippen LogP contribution in [0.4, 0.5) is 0 Å². The second-order valence-electron chi connectivity index (χ2n) is 7.32. The van der Waals surface area contributed by atoms with Gasteiger partial charge in [0.05, 0.1) is 0 Å². The predicted octanol–water partition coefficient (Wildman–Crippen LogP) is 2.64. The third kappa shape index (κ3) is 5.05. The number of amides is 2. The molecule has 2 amide bonds. The summed E-state index contributed by atoms with van der Waals surface area (Å²) in [5.74, 6) is 0.251. The van der Waals surface area contributed by atoms with Gasteiger partial charge in [0.15, 0.2) is 0 Å². The summed E-state index contributed by atoms with van der Waals surface area (Å²) in [4.78, 5) is 24.6. The maximum Gasteiger partial charge on any atom is 0.251 e. The van der Waals surface area contributed by atoms with Gasteiger partial charge in [0.25, 0.3) is 11.8 Å². The average Bonchev–Trinajstić information content (AvgIpc) is 3.46. The Bertz CT molecular complexity index is 589. The summed E-state index contributed by atoms with van der Waals surface area (Å²) in [6, 6.07) is 7.16. The van der Waals surface area contributed by atoms with Gasteiger partial charge in [-0.1, -0.05) is 19.3 Å². The molecule has 1 aromatic carbocycles. The lowest BCUT2D eigenvalue weighted by atomic mass is 9.82. The summed E-state index contributed by atoms with van der Waals surface area (Å²) in [7, 11) is 0. The molecule has 2 aliphatic rings. The van der Waals surface area contributed by atoms with Crippen LogP contribution in [0.5, 0.6) is 0 Å². The normalized spacial score (nSPS) is 19.2. The van der Waals surface area contributed by atoms with Crippen molar-refractivity contribution in [2.75, 3.05) is 6.61 Å². The summed E-state index contributed by atoms with van der Waals surface area (Å²) < 4.78 is 0. The topological polar surface area (TPSA) is 78.4 Å². The number of rotatable bonds is 7. The van der Waals surface area contributed by atoms with E-state index in [4.69, 9.17) is 0 Å². The van der Waals surface area contributed by atoms with E-state index in [1.807, 2.05) is 0 Å². The second kappa shape index (κ2) is 8.48. The Kier molecular flexibility index (Phi) is 6.08. The first-order valence-electron chi connectivity index (χ1n) is 9.50. The molecule has 1 atom stereocenters. The smallest absolute Gasteiger partial charge is 0.251 e. The lowest BCUT2D eigenvalue weighted by Crippen LogP contribution is -2.41. The Morgan fingerprint density at radius 2 is 1.56 bits per heavy atom. The third-order valence-corrected chi connectivity index (χ3v) is 5.30. The molecule has 0 spiro atoms. The Morgan fingerprint density at radius 1 is 0.960 bits per heavy atom. The van der Waals surface area contributed by atoms with Crippen LogP contribution in [0.2, 0.25) is 0 Å². The summed E-state index contributed by atoms with van der Waals surface area (Å²) in [6.45, 7) is 0.0850. The van der Waals surface area contributed by atoms with Crippen LogP contribution in [-0.4, -0.2) is 35.6 Å². The van der Waals surface area contributed by atoms with Gasteiger partial charge in [0.2, 0.25) is 0 Å². The van der Waals surface area contributed by atoms with Gasteiger partial charge in [-0.3, -0.25) is 9.59 Å². The number of nitrogens with one attached hydrogen (secondary N) is 2. The number of carbonyl (C=O) groups excluding carboxylic acids is 2. The molecule has 2 aliphatic carbocycles. The van der Waals surface area contributed by atoms with Crippen molar-refractivity contribution in [3.05, 3.63) is 35.4 Å². The Balaban J connectivity index is 1.59. The molecule has 2 fully saturated rings.